The summed E-state index contributed by atoms with van der Waals surface area (Å²) in [7, 11) is 0. The monoisotopic (exact) mass is 337 g/mol. The Hall–Kier alpha value is -1.24. The lowest BCUT2D eigenvalue weighted by Gasteiger charge is -2.22. The van der Waals surface area contributed by atoms with E-state index >= 15 is 0 Å². The summed E-state index contributed by atoms with van der Waals surface area (Å²) in [6.45, 7) is 6.45. The zero-order chi connectivity index (χ0) is 16.2. The number of aryl methyl sites for hydroxylation is 1. The van der Waals surface area contributed by atoms with Crippen molar-refractivity contribution in [1.29, 1.82) is 0 Å². The third kappa shape index (κ3) is 4.38. The van der Waals surface area contributed by atoms with Crippen LogP contribution in [0, 0.1) is 6.92 Å². The first-order chi connectivity index (χ1) is 10.4. The van der Waals surface area contributed by atoms with Crippen LogP contribution in [0.25, 0.3) is 10.6 Å². The van der Waals surface area contributed by atoms with E-state index in [1.54, 1.807) is 29.6 Å². The lowest BCUT2D eigenvalue weighted by Crippen LogP contribution is -2.51. The fourth-order valence-electron chi connectivity index (χ4n) is 2.26. The Morgan fingerprint density at radius 2 is 2.23 bits per heavy atom. The second-order valence-electron chi connectivity index (χ2n) is 5.69. The Labute approximate surface area is 139 Å². The summed E-state index contributed by atoms with van der Waals surface area (Å²) >= 11 is 3.39. The number of amides is 1. The van der Waals surface area contributed by atoms with Crippen LogP contribution in [-0.2, 0) is 11.2 Å². The number of aromatic nitrogens is 1. The first-order valence-corrected chi connectivity index (χ1v) is 9.20. The Morgan fingerprint density at radius 1 is 1.45 bits per heavy atom. The van der Waals surface area contributed by atoms with Crippen molar-refractivity contribution in [2.24, 2.45) is 5.73 Å². The largest absolute Gasteiger partial charge is 0.354 e. The SMILES string of the molecule is CCCC(C)(N)C(=O)NCCc1ccc(-c2csc(C)n2)s1. The number of nitrogens with two attached hydrogens (primary N) is 1. The van der Waals surface area contributed by atoms with Gasteiger partial charge in [-0.25, -0.2) is 4.98 Å². The van der Waals surface area contributed by atoms with E-state index in [-0.39, 0.29) is 5.91 Å². The normalized spacial score (nSPS) is 13.8. The van der Waals surface area contributed by atoms with E-state index in [1.165, 1.54) is 9.75 Å². The Balaban J connectivity index is 1.85. The highest BCUT2D eigenvalue weighted by atomic mass is 32.1. The average molecular weight is 338 g/mol. The molecule has 1 amide bonds. The second kappa shape index (κ2) is 7.35. The highest BCUT2D eigenvalue weighted by molar-refractivity contribution is 7.16. The van der Waals surface area contributed by atoms with Crippen molar-refractivity contribution in [2.75, 3.05) is 6.54 Å². The molecule has 2 rings (SSSR count). The molecule has 0 aliphatic heterocycles. The van der Waals surface area contributed by atoms with E-state index in [0.29, 0.717) is 13.0 Å². The molecule has 0 saturated carbocycles. The fraction of sp³-hybridized carbons (Fsp3) is 0.500. The van der Waals surface area contributed by atoms with Gasteiger partial charge in [0.05, 0.1) is 21.1 Å². The van der Waals surface area contributed by atoms with Gasteiger partial charge in [-0.1, -0.05) is 13.3 Å². The van der Waals surface area contributed by atoms with Gasteiger partial charge in [0.15, 0.2) is 0 Å². The van der Waals surface area contributed by atoms with Gasteiger partial charge in [-0.3, -0.25) is 4.79 Å². The maximum atomic E-state index is 12.0. The predicted octanol–water partition coefficient (Wildman–Crippen LogP) is 3.36. The molecule has 1 unspecified atom stereocenters. The summed E-state index contributed by atoms with van der Waals surface area (Å²) in [5.74, 6) is -0.0683. The van der Waals surface area contributed by atoms with Crippen LogP contribution < -0.4 is 11.1 Å². The number of thiophene rings is 1. The molecule has 2 aromatic rings. The van der Waals surface area contributed by atoms with E-state index in [4.69, 9.17) is 5.73 Å². The minimum atomic E-state index is -0.770. The van der Waals surface area contributed by atoms with Crippen molar-refractivity contribution >= 4 is 28.6 Å². The maximum absolute atomic E-state index is 12.0. The zero-order valence-corrected chi connectivity index (χ0v) is 14.9. The van der Waals surface area contributed by atoms with E-state index in [1.807, 2.05) is 13.8 Å². The van der Waals surface area contributed by atoms with Crippen molar-refractivity contribution in [1.82, 2.24) is 10.3 Å². The Bertz CT molecular complexity index is 631. The van der Waals surface area contributed by atoms with Crippen LogP contribution in [0.3, 0.4) is 0 Å². The van der Waals surface area contributed by atoms with Crippen molar-refractivity contribution in [3.8, 4) is 10.6 Å². The molecule has 2 heterocycles. The van der Waals surface area contributed by atoms with E-state index in [9.17, 15) is 4.79 Å². The number of thiazole rings is 1. The molecule has 0 bridgehead atoms. The van der Waals surface area contributed by atoms with Gasteiger partial charge in [0, 0.05) is 16.8 Å². The number of hydrogen-bond acceptors (Lipinski definition) is 5. The maximum Gasteiger partial charge on any atom is 0.239 e. The lowest BCUT2D eigenvalue weighted by atomic mass is 9.96. The summed E-state index contributed by atoms with van der Waals surface area (Å²) in [5, 5.41) is 6.10. The topological polar surface area (TPSA) is 68.0 Å². The number of nitrogens with zero attached hydrogens (tertiary/aromatic N) is 1. The number of carbonyl (C=O) groups excluding carboxylic acids is 1. The van der Waals surface area contributed by atoms with Gasteiger partial charge >= 0.3 is 0 Å². The zero-order valence-electron chi connectivity index (χ0n) is 13.3. The molecule has 0 aliphatic carbocycles. The molecule has 3 N–H and O–H groups in total. The van der Waals surface area contributed by atoms with Crippen molar-refractivity contribution < 1.29 is 4.79 Å². The van der Waals surface area contributed by atoms with E-state index in [0.717, 1.165) is 23.5 Å². The molecule has 4 nitrogen and oxygen atoms in total. The standard InChI is InChI=1S/C16H23N3OS2/c1-4-8-16(3,17)15(20)18-9-7-12-5-6-14(22-12)13-10-21-11(2)19-13/h5-6,10H,4,7-9,17H2,1-3H3,(H,18,20). The molecule has 120 valence electrons. The molecule has 0 fully saturated rings. The smallest absolute Gasteiger partial charge is 0.239 e. The number of carbonyl (C=O) groups is 1. The van der Waals surface area contributed by atoms with Crippen LogP contribution in [0.1, 0.15) is 36.6 Å². The minimum absolute atomic E-state index is 0.0683. The van der Waals surface area contributed by atoms with E-state index in [2.05, 4.69) is 27.8 Å². The van der Waals surface area contributed by atoms with Crippen LogP contribution in [0.4, 0.5) is 0 Å². The highest BCUT2D eigenvalue weighted by Gasteiger charge is 2.26. The number of rotatable bonds is 7. The molecule has 0 aliphatic rings. The van der Waals surface area contributed by atoms with Crippen LogP contribution in [0.2, 0.25) is 0 Å². The van der Waals surface area contributed by atoms with Gasteiger partial charge in [0.1, 0.15) is 0 Å². The number of hydrogen-bond donors (Lipinski definition) is 2. The molecule has 2 aromatic heterocycles. The molecule has 0 saturated heterocycles. The molecule has 0 spiro atoms. The highest BCUT2D eigenvalue weighted by Crippen LogP contribution is 2.29. The summed E-state index contributed by atoms with van der Waals surface area (Å²) in [6.07, 6.45) is 2.43. The van der Waals surface area contributed by atoms with Gasteiger partial charge in [-0.15, -0.1) is 22.7 Å². The quantitative estimate of drug-likeness (QED) is 0.814. The first kappa shape index (κ1) is 17.1. The summed E-state index contributed by atoms with van der Waals surface area (Å²) in [6, 6.07) is 4.20. The molecule has 6 heteroatoms. The molecule has 0 aromatic carbocycles. The van der Waals surface area contributed by atoms with Crippen LogP contribution in [-0.4, -0.2) is 23.0 Å². The fourth-order valence-corrected chi connectivity index (χ4v) is 3.92. The lowest BCUT2D eigenvalue weighted by molar-refractivity contribution is -0.126. The van der Waals surface area contributed by atoms with Gasteiger partial charge in [-0.2, -0.15) is 0 Å². The van der Waals surface area contributed by atoms with Gasteiger partial charge in [-0.05, 0) is 38.8 Å². The summed E-state index contributed by atoms with van der Waals surface area (Å²) < 4.78 is 0. The third-order valence-electron chi connectivity index (χ3n) is 3.48. The average Bonchev–Trinajstić information content (AvgIpc) is 3.07. The third-order valence-corrected chi connectivity index (χ3v) is 5.42. The summed E-state index contributed by atoms with van der Waals surface area (Å²) in [5.41, 5.74) is 6.29. The van der Waals surface area contributed by atoms with Crippen LogP contribution in [0.15, 0.2) is 17.5 Å². The number of nitrogens with one attached hydrogen (secondary N) is 1. The predicted molar refractivity (Wildman–Crippen MR) is 94.4 cm³/mol. The van der Waals surface area contributed by atoms with E-state index < -0.39 is 5.54 Å². The molecular weight excluding hydrogens is 314 g/mol. The first-order valence-electron chi connectivity index (χ1n) is 7.51. The summed E-state index contributed by atoms with van der Waals surface area (Å²) in [4.78, 5) is 19.0. The van der Waals surface area contributed by atoms with Gasteiger partial charge in [0.2, 0.25) is 5.91 Å². The Morgan fingerprint density at radius 3 is 2.86 bits per heavy atom. The van der Waals surface area contributed by atoms with Crippen molar-refractivity contribution in [3.05, 3.63) is 27.4 Å². The molecule has 0 radical (unpaired) electrons. The minimum Gasteiger partial charge on any atom is -0.354 e. The molecule has 1 atom stereocenters. The van der Waals surface area contributed by atoms with Crippen molar-refractivity contribution in [3.63, 3.8) is 0 Å². The van der Waals surface area contributed by atoms with Crippen LogP contribution >= 0.6 is 22.7 Å². The van der Waals surface area contributed by atoms with Gasteiger partial charge < -0.3 is 11.1 Å². The van der Waals surface area contributed by atoms with Crippen LogP contribution in [0.5, 0.6) is 0 Å². The Kier molecular flexibility index (Phi) is 5.72. The molecule has 22 heavy (non-hydrogen) atoms. The second-order valence-corrected chi connectivity index (χ2v) is 7.92. The van der Waals surface area contributed by atoms with Crippen molar-refractivity contribution in [2.45, 2.75) is 45.6 Å². The molecular formula is C16H23N3OS2. The van der Waals surface area contributed by atoms with Gasteiger partial charge in [0.25, 0.3) is 0 Å².